The monoisotopic (exact) mass is 192 g/mol. The fourth-order valence-electron chi connectivity index (χ4n) is 2.23. The average Bonchev–Trinajstić information content (AvgIpc) is 2.23. The van der Waals surface area contributed by atoms with Crippen LogP contribution < -0.4 is 0 Å². The van der Waals surface area contributed by atoms with Crippen LogP contribution in [0.3, 0.4) is 0 Å². The summed E-state index contributed by atoms with van der Waals surface area (Å²) >= 11 is 0. The van der Waals surface area contributed by atoms with Crippen molar-refractivity contribution in [1.82, 2.24) is 0 Å². The molecular weight excluding hydrogens is 176 g/mol. The normalized spacial score (nSPS) is 20.5. The summed E-state index contributed by atoms with van der Waals surface area (Å²) in [7, 11) is 0. The number of aromatic hydroxyl groups is 2. The minimum Gasteiger partial charge on any atom is -0.504 e. The van der Waals surface area contributed by atoms with E-state index in [1.54, 1.807) is 6.07 Å². The first-order valence-corrected chi connectivity index (χ1v) is 5.25. The summed E-state index contributed by atoms with van der Waals surface area (Å²) < 4.78 is 0. The van der Waals surface area contributed by atoms with Gasteiger partial charge in [0.1, 0.15) is 0 Å². The van der Waals surface area contributed by atoms with Crippen molar-refractivity contribution >= 4 is 0 Å². The smallest absolute Gasteiger partial charge is 0.160 e. The van der Waals surface area contributed by atoms with Crippen LogP contribution in [0.5, 0.6) is 11.5 Å². The Morgan fingerprint density at radius 2 is 2.14 bits per heavy atom. The lowest BCUT2D eigenvalue weighted by molar-refractivity contribution is 0.380. The number of rotatable bonds is 1. The molecule has 0 amide bonds. The number of phenolic OH excluding ortho intramolecular Hbond substituents is 2. The maximum Gasteiger partial charge on any atom is 0.160 e. The maximum absolute atomic E-state index is 9.71. The van der Waals surface area contributed by atoms with E-state index in [4.69, 9.17) is 0 Å². The summed E-state index contributed by atoms with van der Waals surface area (Å²) in [5.74, 6) is 0.774. The van der Waals surface area contributed by atoms with E-state index in [0.717, 1.165) is 24.8 Å². The lowest BCUT2D eigenvalue weighted by Gasteiger charge is -2.24. The molecule has 2 nitrogen and oxygen atoms in total. The van der Waals surface area contributed by atoms with E-state index >= 15 is 0 Å². The van der Waals surface area contributed by atoms with Crippen molar-refractivity contribution in [1.29, 1.82) is 0 Å². The van der Waals surface area contributed by atoms with Crippen molar-refractivity contribution in [3.05, 3.63) is 23.3 Å². The molecule has 0 saturated carbocycles. The fourth-order valence-corrected chi connectivity index (χ4v) is 2.23. The summed E-state index contributed by atoms with van der Waals surface area (Å²) in [5, 5.41) is 19.1. The molecule has 0 radical (unpaired) electrons. The van der Waals surface area contributed by atoms with E-state index in [1.807, 2.05) is 6.07 Å². The molecule has 14 heavy (non-hydrogen) atoms. The molecule has 2 rings (SSSR count). The van der Waals surface area contributed by atoms with E-state index in [9.17, 15) is 10.2 Å². The molecule has 0 bridgehead atoms. The van der Waals surface area contributed by atoms with Crippen LogP contribution in [0.4, 0.5) is 0 Å². The fraction of sp³-hybridized carbons (Fsp3) is 0.500. The predicted octanol–water partition coefficient (Wildman–Crippen LogP) is 2.61. The number of aryl methyl sites for hydroxylation is 1. The number of hydrogen-bond donors (Lipinski definition) is 2. The highest BCUT2D eigenvalue weighted by Crippen LogP contribution is 2.37. The van der Waals surface area contributed by atoms with Crippen molar-refractivity contribution in [3.63, 3.8) is 0 Å². The molecule has 2 N–H and O–H groups in total. The molecule has 0 spiro atoms. The topological polar surface area (TPSA) is 40.5 Å². The highest BCUT2D eigenvalue weighted by molar-refractivity contribution is 5.50. The lowest BCUT2D eigenvalue weighted by atomic mass is 9.82. The Labute approximate surface area is 84.2 Å². The van der Waals surface area contributed by atoms with Gasteiger partial charge in [-0.25, -0.2) is 0 Å². The second kappa shape index (κ2) is 3.52. The second-order valence-electron chi connectivity index (χ2n) is 4.09. The van der Waals surface area contributed by atoms with Crippen molar-refractivity contribution in [2.45, 2.75) is 32.6 Å². The Bertz CT molecular complexity index is 344. The van der Waals surface area contributed by atoms with Gasteiger partial charge in [-0.1, -0.05) is 19.4 Å². The Morgan fingerprint density at radius 1 is 1.36 bits per heavy atom. The molecule has 0 aliphatic heterocycles. The second-order valence-corrected chi connectivity index (χ2v) is 4.09. The zero-order chi connectivity index (χ0) is 10.1. The first-order valence-electron chi connectivity index (χ1n) is 5.25. The summed E-state index contributed by atoms with van der Waals surface area (Å²) in [4.78, 5) is 0. The van der Waals surface area contributed by atoms with Gasteiger partial charge in [0.2, 0.25) is 0 Å². The third-order valence-corrected chi connectivity index (χ3v) is 3.25. The van der Waals surface area contributed by atoms with E-state index in [0.29, 0.717) is 5.92 Å². The van der Waals surface area contributed by atoms with Gasteiger partial charge >= 0.3 is 0 Å². The van der Waals surface area contributed by atoms with E-state index in [-0.39, 0.29) is 11.5 Å². The number of hydrogen-bond acceptors (Lipinski definition) is 2. The number of fused-ring (bicyclic) bond motifs is 1. The Kier molecular flexibility index (Phi) is 2.36. The first-order chi connectivity index (χ1) is 6.72. The van der Waals surface area contributed by atoms with Crippen molar-refractivity contribution in [2.24, 2.45) is 5.92 Å². The van der Waals surface area contributed by atoms with Crippen LogP contribution in [-0.2, 0) is 12.8 Å². The molecule has 0 aromatic heterocycles. The number of phenols is 2. The lowest BCUT2D eigenvalue weighted by Crippen LogP contribution is -2.13. The molecule has 0 unspecified atom stereocenters. The van der Waals surface area contributed by atoms with Gasteiger partial charge in [-0.2, -0.15) is 0 Å². The van der Waals surface area contributed by atoms with Gasteiger partial charge in [-0.15, -0.1) is 0 Å². The molecule has 1 aromatic carbocycles. The Hall–Kier alpha value is -1.18. The highest BCUT2D eigenvalue weighted by atomic mass is 16.3. The van der Waals surface area contributed by atoms with E-state index in [2.05, 4.69) is 6.92 Å². The van der Waals surface area contributed by atoms with Crippen LogP contribution in [0, 0.1) is 5.92 Å². The first kappa shape index (κ1) is 9.38. The van der Waals surface area contributed by atoms with Crippen LogP contribution in [0.2, 0.25) is 0 Å². The zero-order valence-corrected chi connectivity index (χ0v) is 8.45. The SMILES string of the molecule is CC[C@H]1CCc2ccc(O)c(O)c2C1. The molecule has 0 saturated heterocycles. The summed E-state index contributed by atoms with van der Waals surface area (Å²) in [6, 6.07) is 3.51. The number of benzene rings is 1. The van der Waals surface area contributed by atoms with Crippen LogP contribution in [0.15, 0.2) is 12.1 Å². The molecule has 1 atom stereocenters. The zero-order valence-electron chi connectivity index (χ0n) is 8.45. The minimum absolute atomic E-state index is 0.0144. The maximum atomic E-state index is 9.71. The minimum atomic E-state index is 0.0144. The van der Waals surface area contributed by atoms with Crippen molar-refractivity contribution < 1.29 is 10.2 Å². The molecule has 1 aromatic rings. The van der Waals surface area contributed by atoms with E-state index in [1.165, 1.54) is 12.0 Å². The molecule has 76 valence electrons. The quantitative estimate of drug-likeness (QED) is 0.671. The van der Waals surface area contributed by atoms with Crippen LogP contribution in [0.25, 0.3) is 0 Å². The van der Waals surface area contributed by atoms with Gasteiger partial charge < -0.3 is 10.2 Å². The molecule has 0 fully saturated rings. The van der Waals surface area contributed by atoms with Gasteiger partial charge in [-0.3, -0.25) is 0 Å². The molecule has 1 aliphatic rings. The molecular formula is C12H16O2. The largest absolute Gasteiger partial charge is 0.504 e. The van der Waals surface area contributed by atoms with Gasteiger partial charge in [0, 0.05) is 5.56 Å². The summed E-state index contributed by atoms with van der Waals surface area (Å²) in [6.45, 7) is 2.18. The van der Waals surface area contributed by atoms with Gasteiger partial charge in [0.05, 0.1) is 0 Å². The van der Waals surface area contributed by atoms with Crippen LogP contribution in [-0.4, -0.2) is 10.2 Å². The summed E-state index contributed by atoms with van der Waals surface area (Å²) in [6.07, 6.45) is 4.29. The molecule has 0 heterocycles. The molecule has 1 aliphatic carbocycles. The third-order valence-electron chi connectivity index (χ3n) is 3.25. The predicted molar refractivity (Wildman–Crippen MR) is 55.6 cm³/mol. The highest BCUT2D eigenvalue weighted by Gasteiger charge is 2.21. The Balaban J connectivity index is 2.38. The summed E-state index contributed by atoms with van der Waals surface area (Å²) in [5.41, 5.74) is 2.16. The van der Waals surface area contributed by atoms with E-state index < -0.39 is 0 Å². The van der Waals surface area contributed by atoms with Crippen molar-refractivity contribution in [3.8, 4) is 11.5 Å². The standard InChI is InChI=1S/C12H16O2/c1-2-8-3-4-9-5-6-11(13)12(14)10(9)7-8/h5-6,8,13-14H,2-4,7H2,1H3/t8-/m0/s1. The van der Waals surface area contributed by atoms with Gasteiger partial charge in [0.15, 0.2) is 11.5 Å². The van der Waals surface area contributed by atoms with Crippen LogP contribution >= 0.6 is 0 Å². The van der Waals surface area contributed by atoms with Gasteiger partial charge in [-0.05, 0) is 36.8 Å². The van der Waals surface area contributed by atoms with Crippen molar-refractivity contribution in [2.75, 3.05) is 0 Å². The molecule has 2 heteroatoms. The average molecular weight is 192 g/mol. The van der Waals surface area contributed by atoms with Gasteiger partial charge in [0.25, 0.3) is 0 Å². The Morgan fingerprint density at radius 3 is 2.86 bits per heavy atom. The van der Waals surface area contributed by atoms with Crippen LogP contribution in [0.1, 0.15) is 30.9 Å². The third kappa shape index (κ3) is 1.45.